The average molecular weight is 287 g/mol. The lowest BCUT2D eigenvalue weighted by Gasteiger charge is -2.21. The molecule has 4 heteroatoms. The Kier molecular flexibility index (Phi) is 5.38. The van der Waals surface area contributed by atoms with Gasteiger partial charge in [0.05, 0.1) is 6.10 Å². The van der Waals surface area contributed by atoms with Gasteiger partial charge in [0.2, 0.25) is 0 Å². The molecular formula is C17H21NO3. The number of ether oxygens (including phenoxy) is 1. The van der Waals surface area contributed by atoms with Gasteiger partial charge in [-0.1, -0.05) is 11.8 Å². The predicted octanol–water partition coefficient (Wildman–Crippen LogP) is 1.59. The number of likely N-dealkylation sites (N-methyl/N-ethyl adjacent to an activating group) is 1. The van der Waals surface area contributed by atoms with Gasteiger partial charge < -0.3 is 14.7 Å². The molecule has 0 radical (unpaired) electrons. The van der Waals surface area contributed by atoms with Crippen LogP contribution >= 0.6 is 0 Å². The molecule has 0 saturated carbocycles. The smallest absolute Gasteiger partial charge is 0.253 e. The number of carbonyl (C=O) groups is 1. The van der Waals surface area contributed by atoms with Gasteiger partial charge in [0.25, 0.3) is 5.91 Å². The maximum Gasteiger partial charge on any atom is 0.253 e. The fourth-order valence-electron chi connectivity index (χ4n) is 2.52. The molecule has 112 valence electrons. The van der Waals surface area contributed by atoms with Gasteiger partial charge in [0, 0.05) is 31.3 Å². The van der Waals surface area contributed by atoms with Gasteiger partial charge in [0.1, 0.15) is 6.61 Å². The van der Waals surface area contributed by atoms with Crippen LogP contribution in [0.15, 0.2) is 18.2 Å². The Labute approximate surface area is 125 Å². The molecule has 1 saturated heterocycles. The van der Waals surface area contributed by atoms with E-state index in [9.17, 15) is 4.79 Å². The molecule has 0 spiro atoms. The molecule has 21 heavy (non-hydrogen) atoms. The van der Waals surface area contributed by atoms with Gasteiger partial charge in [-0.25, -0.2) is 0 Å². The summed E-state index contributed by atoms with van der Waals surface area (Å²) in [5.74, 6) is 5.43. The van der Waals surface area contributed by atoms with Gasteiger partial charge >= 0.3 is 0 Å². The van der Waals surface area contributed by atoms with Crippen molar-refractivity contribution < 1.29 is 14.6 Å². The highest BCUT2D eigenvalue weighted by Gasteiger charge is 2.21. The van der Waals surface area contributed by atoms with E-state index in [0.29, 0.717) is 12.1 Å². The van der Waals surface area contributed by atoms with Crippen molar-refractivity contribution in [3.05, 3.63) is 34.9 Å². The van der Waals surface area contributed by atoms with Crippen LogP contribution < -0.4 is 0 Å². The number of benzene rings is 1. The van der Waals surface area contributed by atoms with Crippen molar-refractivity contribution in [3.63, 3.8) is 0 Å². The summed E-state index contributed by atoms with van der Waals surface area (Å²) in [6.07, 6.45) is 2.23. The number of aliphatic hydroxyl groups excluding tert-OH is 1. The van der Waals surface area contributed by atoms with Crippen LogP contribution in [0.3, 0.4) is 0 Å². The monoisotopic (exact) mass is 287 g/mol. The zero-order valence-corrected chi connectivity index (χ0v) is 12.6. The van der Waals surface area contributed by atoms with Crippen LogP contribution in [0.2, 0.25) is 0 Å². The fourth-order valence-corrected chi connectivity index (χ4v) is 2.52. The van der Waals surface area contributed by atoms with E-state index < -0.39 is 0 Å². The second-order valence-electron chi connectivity index (χ2n) is 5.37. The number of amides is 1. The van der Waals surface area contributed by atoms with Gasteiger partial charge in [-0.2, -0.15) is 0 Å². The number of carbonyl (C=O) groups excluding carboxylic acids is 1. The number of nitrogens with zero attached hydrogens (tertiary/aromatic N) is 1. The number of hydrogen-bond acceptors (Lipinski definition) is 3. The maximum absolute atomic E-state index is 12.5. The lowest BCUT2D eigenvalue weighted by atomic mass is 10.1. The largest absolute Gasteiger partial charge is 0.384 e. The Morgan fingerprint density at radius 2 is 2.29 bits per heavy atom. The minimum Gasteiger partial charge on any atom is -0.384 e. The molecule has 2 rings (SSSR count). The van der Waals surface area contributed by atoms with E-state index in [-0.39, 0.29) is 18.6 Å². The summed E-state index contributed by atoms with van der Waals surface area (Å²) in [5.41, 5.74) is 2.35. The molecule has 1 heterocycles. The van der Waals surface area contributed by atoms with E-state index in [1.807, 2.05) is 19.1 Å². The number of aryl methyl sites for hydroxylation is 1. The van der Waals surface area contributed by atoms with E-state index >= 15 is 0 Å². The predicted molar refractivity (Wildman–Crippen MR) is 81.1 cm³/mol. The van der Waals surface area contributed by atoms with Crippen molar-refractivity contribution in [2.75, 3.05) is 26.8 Å². The van der Waals surface area contributed by atoms with Crippen LogP contribution in [-0.2, 0) is 4.74 Å². The molecule has 1 aliphatic rings. The topological polar surface area (TPSA) is 49.8 Å². The van der Waals surface area contributed by atoms with Crippen LogP contribution in [-0.4, -0.2) is 48.8 Å². The minimum absolute atomic E-state index is 0.0266. The minimum atomic E-state index is -0.184. The molecule has 1 unspecified atom stereocenters. The number of rotatable bonds is 3. The van der Waals surface area contributed by atoms with Crippen LogP contribution in [0.25, 0.3) is 0 Å². The zero-order valence-electron chi connectivity index (χ0n) is 12.6. The summed E-state index contributed by atoms with van der Waals surface area (Å²) in [5, 5.41) is 8.76. The van der Waals surface area contributed by atoms with Crippen molar-refractivity contribution >= 4 is 5.91 Å². The summed E-state index contributed by atoms with van der Waals surface area (Å²) in [7, 11) is 1.80. The molecule has 1 aromatic rings. The van der Waals surface area contributed by atoms with Gasteiger partial charge in [0.15, 0.2) is 0 Å². The average Bonchev–Trinajstić information content (AvgIpc) is 2.96. The Bertz CT molecular complexity index is 565. The Morgan fingerprint density at radius 3 is 2.95 bits per heavy atom. The summed E-state index contributed by atoms with van der Waals surface area (Å²) in [6, 6.07) is 5.53. The van der Waals surface area contributed by atoms with E-state index in [2.05, 4.69) is 11.8 Å². The van der Waals surface area contributed by atoms with Crippen molar-refractivity contribution in [1.82, 2.24) is 4.90 Å². The van der Waals surface area contributed by atoms with Crippen molar-refractivity contribution in [2.24, 2.45) is 0 Å². The van der Waals surface area contributed by atoms with Crippen LogP contribution in [0, 0.1) is 18.8 Å². The van der Waals surface area contributed by atoms with E-state index in [1.54, 1.807) is 18.0 Å². The normalized spacial score (nSPS) is 17.2. The Balaban J connectivity index is 2.11. The van der Waals surface area contributed by atoms with Crippen molar-refractivity contribution in [2.45, 2.75) is 25.9 Å². The van der Waals surface area contributed by atoms with Crippen LogP contribution in [0.5, 0.6) is 0 Å². The Hall–Kier alpha value is -1.83. The first-order chi connectivity index (χ1) is 10.1. The zero-order chi connectivity index (χ0) is 15.2. The second kappa shape index (κ2) is 7.26. The maximum atomic E-state index is 12.5. The molecule has 4 nitrogen and oxygen atoms in total. The lowest BCUT2D eigenvalue weighted by molar-refractivity contribution is 0.0587. The number of hydrogen-bond donors (Lipinski definition) is 1. The van der Waals surface area contributed by atoms with E-state index in [1.165, 1.54) is 0 Å². The SMILES string of the molecule is Cc1cc(C#CCO)cc(C(=O)N(C)CC2CCCO2)c1. The van der Waals surface area contributed by atoms with Gasteiger partial charge in [-0.3, -0.25) is 4.79 Å². The van der Waals surface area contributed by atoms with Crippen molar-refractivity contribution in [1.29, 1.82) is 0 Å². The molecule has 0 bridgehead atoms. The highest BCUT2D eigenvalue weighted by Crippen LogP contribution is 2.15. The first-order valence-corrected chi connectivity index (χ1v) is 7.18. The Morgan fingerprint density at radius 1 is 1.48 bits per heavy atom. The molecule has 0 aliphatic carbocycles. The third kappa shape index (κ3) is 4.32. The van der Waals surface area contributed by atoms with Crippen LogP contribution in [0.4, 0.5) is 0 Å². The standard InChI is InChI=1S/C17H21NO3/c1-13-9-14(5-3-7-19)11-15(10-13)17(20)18(2)12-16-6-4-8-21-16/h9-11,16,19H,4,6-8,12H2,1-2H3. The fraction of sp³-hybridized carbons (Fsp3) is 0.471. The molecule has 1 aliphatic heterocycles. The first kappa shape index (κ1) is 15.6. The molecule has 1 atom stereocenters. The molecular weight excluding hydrogens is 266 g/mol. The molecule has 1 fully saturated rings. The second-order valence-corrected chi connectivity index (χ2v) is 5.37. The summed E-state index contributed by atoms with van der Waals surface area (Å²) >= 11 is 0. The highest BCUT2D eigenvalue weighted by atomic mass is 16.5. The summed E-state index contributed by atoms with van der Waals surface area (Å²) in [6.45, 7) is 3.15. The quantitative estimate of drug-likeness (QED) is 0.859. The third-order valence-corrected chi connectivity index (χ3v) is 3.48. The van der Waals surface area contributed by atoms with Crippen LogP contribution in [0.1, 0.15) is 34.3 Å². The molecule has 1 amide bonds. The van der Waals surface area contributed by atoms with E-state index in [0.717, 1.165) is 30.6 Å². The van der Waals surface area contributed by atoms with Gasteiger partial charge in [-0.05, 0) is 43.5 Å². The lowest BCUT2D eigenvalue weighted by Crippen LogP contribution is -2.34. The summed E-state index contributed by atoms with van der Waals surface area (Å²) < 4.78 is 5.57. The molecule has 1 aromatic carbocycles. The first-order valence-electron chi connectivity index (χ1n) is 7.18. The third-order valence-electron chi connectivity index (χ3n) is 3.48. The number of aliphatic hydroxyl groups is 1. The summed E-state index contributed by atoms with van der Waals surface area (Å²) in [4.78, 5) is 14.2. The van der Waals surface area contributed by atoms with Crippen molar-refractivity contribution in [3.8, 4) is 11.8 Å². The highest BCUT2D eigenvalue weighted by molar-refractivity contribution is 5.94. The molecule has 1 N–H and O–H groups in total. The van der Waals surface area contributed by atoms with Gasteiger partial charge in [-0.15, -0.1) is 0 Å². The molecule has 0 aromatic heterocycles. The van der Waals surface area contributed by atoms with E-state index in [4.69, 9.17) is 9.84 Å².